The van der Waals surface area contributed by atoms with Crippen molar-refractivity contribution in [2.75, 3.05) is 5.75 Å². The zero-order valence-corrected chi connectivity index (χ0v) is 7.66. The molecule has 0 spiro atoms. The average Bonchev–Trinajstić information content (AvgIpc) is 2.16. The number of carbonyl (C=O) groups excluding carboxylic acids is 1. The van der Waals surface area contributed by atoms with Crippen LogP contribution in [0.3, 0.4) is 0 Å². The fraction of sp³-hybridized carbons (Fsp3) is 0.889. The smallest absolute Gasteiger partial charge is 0.212 e. The molecule has 0 aromatic heterocycles. The van der Waals surface area contributed by atoms with Crippen molar-refractivity contribution in [2.24, 2.45) is 0 Å². The van der Waals surface area contributed by atoms with Crippen molar-refractivity contribution in [1.82, 2.24) is 0 Å². The Labute approximate surface area is 72.9 Å². The highest BCUT2D eigenvalue weighted by Crippen LogP contribution is 2.21. The monoisotopic (exact) mass is 171 g/mol. The molecule has 1 aliphatic heterocycles. The Morgan fingerprint density at radius 2 is 1.82 bits per heavy atom. The standard InChI is InChI=1S/C9H15OS/c10-8-9-6-4-2-1-3-5-7-11-9/h9H,1-7H2. The second-order valence-electron chi connectivity index (χ2n) is 3.03. The predicted octanol–water partition coefficient (Wildman–Crippen LogP) is 2.55. The predicted molar refractivity (Wildman–Crippen MR) is 49.6 cm³/mol. The third-order valence-corrected chi connectivity index (χ3v) is 3.32. The maximum atomic E-state index is 10.4. The molecule has 63 valence electrons. The van der Waals surface area contributed by atoms with E-state index in [1.165, 1.54) is 32.1 Å². The van der Waals surface area contributed by atoms with E-state index in [2.05, 4.69) is 6.29 Å². The lowest BCUT2D eigenvalue weighted by molar-refractivity contribution is 0.546. The van der Waals surface area contributed by atoms with Gasteiger partial charge in [0.15, 0.2) is 0 Å². The van der Waals surface area contributed by atoms with Crippen LogP contribution in [0.2, 0.25) is 0 Å². The molecule has 0 aromatic carbocycles. The van der Waals surface area contributed by atoms with Crippen LogP contribution in [0.25, 0.3) is 0 Å². The lowest BCUT2D eigenvalue weighted by atomic mass is 10.1. The molecule has 1 heterocycles. The molecule has 0 bridgehead atoms. The van der Waals surface area contributed by atoms with Gasteiger partial charge in [-0.15, -0.1) is 0 Å². The van der Waals surface area contributed by atoms with E-state index in [-0.39, 0.29) is 5.25 Å². The van der Waals surface area contributed by atoms with Crippen LogP contribution in [0.5, 0.6) is 0 Å². The van der Waals surface area contributed by atoms with Gasteiger partial charge in [-0.05, 0) is 18.6 Å². The van der Waals surface area contributed by atoms with Crippen LogP contribution in [-0.4, -0.2) is 17.3 Å². The summed E-state index contributed by atoms with van der Waals surface area (Å²) in [5.74, 6) is 1.15. The van der Waals surface area contributed by atoms with Gasteiger partial charge < -0.3 is 0 Å². The Hall–Kier alpha value is 0.0200. The Bertz CT molecular complexity index is 104. The van der Waals surface area contributed by atoms with Gasteiger partial charge in [-0.1, -0.05) is 25.7 Å². The topological polar surface area (TPSA) is 17.1 Å². The van der Waals surface area contributed by atoms with Crippen LogP contribution >= 0.6 is 11.8 Å². The van der Waals surface area contributed by atoms with E-state index in [1.807, 2.05) is 0 Å². The van der Waals surface area contributed by atoms with Crippen molar-refractivity contribution in [2.45, 2.75) is 43.8 Å². The summed E-state index contributed by atoms with van der Waals surface area (Å²) in [6, 6.07) is 0. The van der Waals surface area contributed by atoms with Crippen molar-refractivity contribution >= 4 is 18.0 Å². The van der Waals surface area contributed by atoms with Crippen LogP contribution in [0.15, 0.2) is 0 Å². The molecule has 1 aliphatic rings. The third kappa shape index (κ3) is 3.80. The minimum absolute atomic E-state index is 0.174. The first-order valence-electron chi connectivity index (χ1n) is 4.43. The summed E-state index contributed by atoms with van der Waals surface area (Å²) >= 11 is 1.79. The summed E-state index contributed by atoms with van der Waals surface area (Å²) in [6.07, 6.45) is 9.66. The number of hydrogen-bond acceptors (Lipinski definition) is 2. The summed E-state index contributed by atoms with van der Waals surface area (Å²) in [7, 11) is 0. The Morgan fingerprint density at radius 3 is 2.64 bits per heavy atom. The van der Waals surface area contributed by atoms with Crippen LogP contribution < -0.4 is 0 Å². The van der Waals surface area contributed by atoms with Crippen molar-refractivity contribution in [3.05, 3.63) is 0 Å². The van der Waals surface area contributed by atoms with Gasteiger partial charge in [0.05, 0.1) is 5.25 Å². The molecule has 1 unspecified atom stereocenters. The highest BCUT2D eigenvalue weighted by molar-refractivity contribution is 8.00. The van der Waals surface area contributed by atoms with E-state index < -0.39 is 0 Å². The van der Waals surface area contributed by atoms with Gasteiger partial charge in [-0.2, -0.15) is 11.8 Å². The maximum absolute atomic E-state index is 10.4. The quantitative estimate of drug-likeness (QED) is 0.603. The van der Waals surface area contributed by atoms with E-state index in [0.717, 1.165) is 12.2 Å². The lowest BCUT2D eigenvalue weighted by Crippen LogP contribution is -2.03. The second kappa shape index (κ2) is 5.64. The van der Waals surface area contributed by atoms with Crippen LogP contribution in [0.4, 0.5) is 0 Å². The summed E-state index contributed by atoms with van der Waals surface area (Å²) < 4.78 is 0. The lowest BCUT2D eigenvalue weighted by Gasteiger charge is -2.04. The molecule has 1 radical (unpaired) electrons. The summed E-state index contributed by atoms with van der Waals surface area (Å²) in [5.41, 5.74) is 0. The molecule has 1 nitrogen and oxygen atoms in total. The van der Waals surface area contributed by atoms with Gasteiger partial charge in [0, 0.05) is 0 Å². The maximum Gasteiger partial charge on any atom is 0.212 e. The van der Waals surface area contributed by atoms with Gasteiger partial charge in [0.25, 0.3) is 0 Å². The molecule has 0 N–H and O–H groups in total. The van der Waals surface area contributed by atoms with E-state index in [4.69, 9.17) is 0 Å². The highest BCUT2D eigenvalue weighted by atomic mass is 32.2. The van der Waals surface area contributed by atoms with Crippen molar-refractivity contribution < 1.29 is 4.79 Å². The Kier molecular flexibility index (Phi) is 4.67. The Morgan fingerprint density at radius 1 is 1.09 bits per heavy atom. The zero-order chi connectivity index (χ0) is 7.94. The van der Waals surface area contributed by atoms with E-state index in [9.17, 15) is 4.79 Å². The first-order valence-corrected chi connectivity index (χ1v) is 5.47. The van der Waals surface area contributed by atoms with Crippen LogP contribution in [0, 0.1) is 0 Å². The van der Waals surface area contributed by atoms with Crippen LogP contribution in [0.1, 0.15) is 38.5 Å². The second-order valence-corrected chi connectivity index (χ2v) is 4.34. The normalized spacial score (nSPS) is 28.2. The van der Waals surface area contributed by atoms with Gasteiger partial charge in [0.2, 0.25) is 6.29 Å². The summed E-state index contributed by atoms with van der Waals surface area (Å²) in [6.45, 7) is 0. The van der Waals surface area contributed by atoms with E-state index in [1.54, 1.807) is 11.8 Å². The van der Waals surface area contributed by atoms with Gasteiger partial charge >= 0.3 is 0 Å². The first-order chi connectivity index (χ1) is 5.43. The molecule has 0 amide bonds. The van der Waals surface area contributed by atoms with E-state index >= 15 is 0 Å². The average molecular weight is 171 g/mol. The highest BCUT2D eigenvalue weighted by Gasteiger charge is 2.09. The minimum atomic E-state index is 0.174. The van der Waals surface area contributed by atoms with Crippen molar-refractivity contribution in [1.29, 1.82) is 0 Å². The largest absolute Gasteiger partial charge is 0.290 e. The summed E-state index contributed by atoms with van der Waals surface area (Å²) in [5, 5.41) is 0.174. The first kappa shape index (κ1) is 9.11. The molecule has 1 fully saturated rings. The fourth-order valence-electron chi connectivity index (χ4n) is 1.36. The van der Waals surface area contributed by atoms with Crippen molar-refractivity contribution in [3.8, 4) is 0 Å². The molecular weight excluding hydrogens is 156 g/mol. The Balaban J connectivity index is 2.24. The SMILES string of the molecule is O=[C]C1CCCCCCCS1. The van der Waals surface area contributed by atoms with Gasteiger partial charge in [-0.3, -0.25) is 4.79 Å². The summed E-state index contributed by atoms with van der Waals surface area (Å²) in [4.78, 5) is 10.4. The molecule has 2 heteroatoms. The van der Waals surface area contributed by atoms with E-state index in [0.29, 0.717) is 0 Å². The molecule has 11 heavy (non-hydrogen) atoms. The van der Waals surface area contributed by atoms with Gasteiger partial charge in [-0.25, -0.2) is 0 Å². The van der Waals surface area contributed by atoms with Gasteiger partial charge in [0.1, 0.15) is 0 Å². The number of hydrogen-bond donors (Lipinski definition) is 0. The molecule has 0 saturated carbocycles. The minimum Gasteiger partial charge on any atom is -0.290 e. The van der Waals surface area contributed by atoms with Crippen LogP contribution in [-0.2, 0) is 4.79 Å². The third-order valence-electron chi connectivity index (χ3n) is 2.06. The molecule has 0 aromatic rings. The molecule has 1 rings (SSSR count). The molecular formula is C9H15OS. The zero-order valence-electron chi connectivity index (χ0n) is 6.84. The van der Waals surface area contributed by atoms with Crippen molar-refractivity contribution in [3.63, 3.8) is 0 Å². The molecule has 1 saturated heterocycles. The number of rotatable bonds is 1. The molecule has 1 atom stereocenters. The number of thioether (sulfide) groups is 1. The molecule has 0 aliphatic carbocycles. The fourth-order valence-corrected chi connectivity index (χ4v) is 2.42.